The quantitative estimate of drug-likeness (QED) is 0.579. The van der Waals surface area contributed by atoms with Gasteiger partial charge in [0.15, 0.2) is 6.61 Å². The van der Waals surface area contributed by atoms with Crippen LogP contribution in [0.4, 0.5) is 11.4 Å². The van der Waals surface area contributed by atoms with Gasteiger partial charge in [0, 0.05) is 10.7 Å². The highest BCUT2D eigenvalue weighted by molar-refractivity contribution is 7.92. The lowest BCUT2D eigenvalue weighted by atomic mass is 10.2. The summed E-state index contributed by atoms with van der Waals surface area (Å²) >= 11 is 5.87. The number of anilines is 2. The van der Waals surface area contributed by atoms with Crippen LogP contribution in [-0.4, -0.2) is 20.9 Å². The maximum Gasteiger partial charge on any atom is 0.262 e. The van der Waals surface area contributed by atoms with Crippen LogP contribution in [0, 0.1) is 6.92 Å². The lowest BCUT2D eigenvalue weighted by molar-refractivity contribution is -0.118. The molecule has 0 saturated heterocycles. The first-order valence-corrected chi connectivity index (χ1v) is 10.6. The highest BCUT2D eigenvalue weighted by Gasteiger charge is 2.15. The summed E-state index contributed by atoms with van der Waals surface area (Å²) in [7, 11) is -3.73. The smallest absolute Gasteiger partial charge is 0.262 e. The van der Waals surface area contributed by atoms with Crippen molar-refractivity contribution in [3.63, 3.8) is 0 Å². The van der Waals surface area contributed by atoms with Crippen molar-refractivity contribution < 1.29 is 17.9 Å². The van der Waals surface area contributed by atoms with Gasteiger partial charge < -0.3 is 10.1 Å². The standard InChI is InChI=1S/C21H19ClN2O4S/c1-15-5-2-3-8-20(15)24-29(26,27)19-11-9-17(10-12-19)23-21(25)14-28-18-7-4-6-16(22)13-18/h2-13,24H,14H2,1H3,(H,23,25). The van der Waals surface area contributed by atoms with E-state index < -0.39 is 10.0 Å². The third-order valence-corrected chi connectivity index (χ3v) is 5.62. The summed E-state index contributed by atoms with van der Waals surface area (Å²) in [6.45, 7) is 1.62. The molecule has 29 heavy (non-hydrogen) atoms. The van der Waals surface area contributed by atoms with E-state index in [2.05, 4.69) is 10.0 Å². The molecular weight excluding hydrogens is 412 g/mol. The second kappa shape index (κ2) is 8.98. The molecule has 0 spiro atoms. The highest BCUT2D eigenvalue weighted by Crippen LogP contribution is 2.21. The molecule has 150 valence electrons. The fourth-order valence-electron chi connectivity index (χ4n) is 2.51. The Kier molecular flexibility index (Phi) is 6.41. The molecule has 0 radical (unpaired) electrons. The summed E-state index contributed by atoms with van der Waals surface area (Å²) in [6.07, 6.45) is 0. The zero-order valence-corrected chi connectivity index (χ0v) is 17.1. The summed E-state index contributed by atoms with van der Waals surface area (Å²) in [5.41, 5.74) is 1.79. The molecule has 3 aromatic carbocycles. The number of aryl methyl sites for hydroxylation is 1. The van der Waals surface area contributed by atoms with E-state index in [1.165, 1.54) is 24.3 Å². The maximum atomic E-state index is 12.5. The fourth-order valence-corrected chi connectivity index (χ4v) is 3.82. The van der Waals surface area contributed by atoms with Crippen molar-refractivity contribution in [2.24, 2.45) is 0 Å². The number of hydrogen-bond donors (Lipinski definition) is 2. The van der Waals surface area contributed by atoms with Crippen molar-refractivity contribution in [2.45, 2.75) is 11.8 Å². The number of hydrogen-bond acceptors (Lipinski definition) is 4. The molecule has 8 heteroatoms. The summed E-state index contributed by atoms with van der Waals surface area (Å²) in [5, 5.41) is 3.17. The van der Waals surface area contributed by atoms with Crippen molar-refractivity contribution >= 4 is 38.9 Å². The van der Waals surface area contributed by atoms with Gasteiger partial charge in [0.2, 0.25) is 0 Å². The van der Waals surface area contributed by atoms with Gasteiger partial charge in [-0.05, 0) is 61.0 Å². The number of halogens is 1. The van der Waals surface area contributed by atoms with Gasteiger partial charge in [0.05, 0.1) is 10.6 Å². The largest absolute Gasteiger partial charge is 0.484 e. The third-order valence-electron chi connectivity index (χ3n) is 4.00. The number of para-hydroxylation sites is 1. The van der Waals surface area contributed by atoms with E-state index in [1.54, 1.807) is 36.4 Å². The van der Waals surface area contributed by atoms with Crippen LogP contribution in [0.1, 0.15) is 5.56 Å². The zero-order valence-electron chi connectivity index (χ0n) is 15.6. The van der Waals surface area contributed by atoms with Gasteiger partial charge in [0.1, 0.15) is 5.75 Å². The highest BCUT2D eigenvalue weighted by atomic mass is 35.5. The molecule has 0 aliphatic carbocycles. The monoisotopic (exact) mass is 430 g/mol. The average Bonchev–Trinajstić information content (AvgIpc) is 2.69. The number of ether oxygens (including phenoxy) is 1. The molecule has 0 fully saturated rings. The summed E-state index contributed by atoms with van der Waals surface area (Å²) < 4.78 is 33.0. The van der Waals surface area contributed by atoms with Crippen LogP contribution < -0.4 is 14.8 Å². The second-order valence-electron chi connectivity index (χ2n) is 6.24. The second-order valence-corrected chi connectivity index (χ2v) is 8.36. The van der Waals surface area contributed by atoms with Gasteiger partial charge in [-0.15, -0.1) is 0 Å². The van der Waals surface area contributed by atoms with Gasteiger partial charge in [-0.2, -0.15) is 0 Å². The molecule has 1 amide bonds. The molecule has 0 aliphatic rings. The Morgan fingerprint density at radius 3 is 2.41 bits per heavy atom. The molecule has 6 nitrogen and oxygen atoms in total. The molecule has 0 aliphatic heterocycles. The van der Waals surface area contributed by atoms with Gasteiger partial charge in [-0.25, -0.2) is 8.42 Å². The van der Waals surface area contributed by atoms with Gasteiger partial charge in [-0.3, -0.25) is 9.52 Å². The number of benzene rings is 3. The van der Waals surface area contributed by atoms with Crippen LogP contribution in [0.3, 0.4) is 0 Å². The molecule has 3 rings (SSSR count). The number of nitrogens with one attached hydrogen (secondary N) is 2. The molecule has 0 saturated carbocycles. The van der Waals surface area contributed by atoms with E-state index >= 15 is 0 Å². The summed E-state index contributed by atoms with van der Waals surface area (Å²) in [5.74, 6) is 0.106. The predicted octanol–water partition coefficient (Wildman–Crippen LogP) is 4.47. The fraction of sp³-hybridized carbons (Fsp3) is 0.0952. The van der Waals surface area contributed by atoms with Crippen LogP contribution in [0.5, 0.6) is 5.75 Å². The van der Waals surface area contributed by atoms with Crippen LogP contribution in [0.2, 0.25) is 5.02 Å². The molecular formula is C21H19ClN2O4S. The minimum atomic E-state index is -3.73. The number of rotatable bonds is 7. The van der Waals surface area contributed by atoms with E-state index in [-0.39, 0.29) is 17.4 Å². The molecule has 2 N–H and O–H groups in total. The van der Waals surface area contributed by atoms with E-state index in [4.69, 9.17) is 16.3 Å². The molecule has 0 atom stereocenters. The van der Waals surface area contributed by atoms with Crippen LogP contribution >= 0.6 is 11.6 Å². The van der Waals surface area contributed by atoms with Gasteiger partial charge in [0.25, 0.3) is 15.9 Å². The molecule has 3 aromatic rings. The Bertz CT molecular complexity index is 1120. The minimum absolute atomic E-state index is 0.0916. The van der Waals surface area contributed by atoms with E-state index in [9.17, 15) is 13.2 Å². The minimum Gasteiger partial charge on any atom is -0.484 e. The topological polar surface area (TPSA) is 84.5 Å². The van der Waals surface area contributed by atoms with Gasteiger partial charge >= 0.3 is 0 Å². The van der Waals surface area contributed by atoms with Crippen molar-refractivity contribution in [3.8, 4) is 5.75 Å². The first kappa shape index (κ1) is 20.7. The van der Waals surface area contributed by atoms with Gasteiger partial charge in [-0.1, -0.05) is 35.9 Å². The SMILES string of the molecule is Cc1ccccc1NS(=O)(=O)c1ccc(NC(=O)COc2cccc(Cl)c2)cc1. The number of carbonyl (C=O) groups excluding carboxylic acids is 1. The zero-order chi connectivity index (χ0) is 20.9. The Labute approximate surface area is 174 Å². The molecule has 0 unspecified atom stereocenters. The number of amides is 1. The predicted molar refractivity (Wildman–Crippen MR) is 114 cm³/mol. The molecule has 0 aromatic heterocycles. The molecule has 0 heterocycles. The summed E-state index contributed by atoms with van der Waals surface area (Å²) in [4.78, 5) is 12.1. The van der Waals surface area contributed by atoms with Crippen LogP contribution in [-0.2, 0) is 14.8 Å². The van der Waals surface area contributed by atoms with E-state index in [0.717, 1.165) is 5.56 Å². The van der Waals surface area contributed by atoms with Crippen molar-refractivity contribution in [1.29, 1.82) is 0 Å². The lowest BCUT2D eigenvalue weighted by Crippen LogP contribution is -2.20. The van der Waals surface area contributed by atoms with Crippen LogP contribution in [0.15, 0.2) is 77.7 Å². The first-order valence-electron chi connectivity index (χ1n) is 8.70. The Morgan fingerprint density at radius 2 is 1.72 bits per heavy atom. The first-order chi connectivity index (χ1) is 13.8. The van der Waals surface area contributed by atoms with Crippen molar-refractivity contribution in [1.82, 2.24) is 0 Å². The van der Waals surface area contributed by atoms with Crippen molar-refractivity contribution in [2.75, 3.05) is 16.6 Å². The third kappa shape index (κ3) is 5.73. The van der Waals surface area contributed by atoms with Crippen LogP contribution in [0.25, 0.3) is 0 Å². The summed E-state index contributed by atoms with van der Waals surface area (Å²) in [6, 6.07) is 19.7. The Morgan fingerprint density at radius 1 is 1.00 bits per heavy atom. The average molecular weight is 431 g/mol. The normalized spacial score (nSPS) is 11.0. The van der Waals surface area contributed by atoms with Crippen molar-refractivity contribution in [3.05, 3.63) is 83.4 Å². The van der Waals surface area contributed by atoms with E-state index in [1.807, 2.05) is 19.1 Å². The number of sulfonamides is 1. The Hall–Kier alpha value is -3.03. The Balaban J connectivity index is 1.60. The molecule has 0 bridgehead atoms. The van der Waals surface area contributed by atoms with E-state index in [0.29, 0.717) is 22.1 Å². The number of carbonyl (C=O) groups is 1. The lowest BCUT2D eigenvalue weighted by Gasteiger charge is -2.11. The maximum absolute atomic E-state index is 12.5.